The molecular formula is C10H6F3NO2. The van der Waals surface area contributed by atoms with Gasteiger partial charge in [-0.05, 0) is 18.6 Å². The van der Waals surface area contributed by atoms with Gasteiger partial charge in [0.1, 0.15) is 5.52 Å². The van der Waals surface area contributed by atoms with Crippen molar-refractivity contribution < 1.29 is 17.6 Å². The molecular weight excluding hydrogens is 223 g/mol. The Bertz CT molecular complexity index is 601. The van der Waals surface area contributed by atoms with Crippen LogP contribution in [0.3, 0.4) is 0 Å². The number of hydrogen-bond donors (Lipinski definition) is 0. The Morgan fingerprint density at radius 2 is 2.00 bits per heavy atom. The number of aryl methyl sites for hydroxylation is 1. The van der Waals surface area contributed by atoms with Gasteiger partial charge < -0.3 is 4.42 Å². The lowest BCUT2D eigenvalue weighted by atomic mass is 10.2. The fraction of sp³-hybridized carbons (Fsp3) is 0.200. The van der Waals surface area contributed by atoms with Gasteiger partial charge in [-0.15, -0.1) is 0 Å². The first-order chi connectivity index (χ1) is 7.39. The number of alkyl halides is 3. The van der Waals surface area contributed by atoms with Crippen LogP contribution < -0.4 is 5.63 Å². The molecule has 0 fully saturated rings. The molecule has 0 saturated carbocycles. The van der Waals surface area contributed by atoms with Crippen molar-refractivity contribution in [2.45, 2.75) is 13.1 Å². The standard InChI is InChI=1S/C10H6F3NO2/c1-5-3-2-4-6-7(5)14-8(9(15)16-6)10(11,12)13/h2-4H,1H3. The SMILES string of the molecule is Cc1cccc2oc(=O)c(C(F)(F)F)nc12. The summed E-state index contributed by atoms with van der Waals surface area (Å²) >= 11 is 0. The normalized spacial score (nSPS) is 12.0. The van der Waals surface area contributed by atoms with Crippen molar-refractivity contribution in [1.82, 2.24) is 4.98 Å². The highest BCUT2D eigenvalue weighted by molar-refractivity contribution is 5.75. The Balaban J connectivity index is 2.85. The third-order valence-electron chi connectivity index (χ3n) is 2.09. The molecule has 2 aromatic rings. The van der Waals surface area contributed by atoms with Crippen LogP contribution >= 0.6 is 0 Å². The quantitative estimate of drug-likeness (QED) is 0.697. The Morgan fingerprint density at radius 3 is 2.62 bits per heavy atom. The van der Waals surface area contributed by atoms with E-state index in [0.29, 0.717) is 5.56 Å². The molecule has 1 aromatic carbocycles. The summed E-state index contributed by atoms with van der Waals surface area (Å²) in [4.78, 5) is 14.4. The first kappa shape index (κ1) is 10.7. The third-order valence-corrected chi connectivity index (χ3v) is 2.09. The second kappa shape index (κ2) is 3.33. The maximum atomic E-state index is 12.4. The van der Waals surface area contributed by atoms with Crippen molar-refractivity contribution in [2.75, 3.05) is 0 Å². The largest absolute Gasteiger partial charge is 0.440 e. The second-order valence-corrected chi connectivity index (χ2v) is 3.27. The Hall–Kier alpha value is -1.85. The summed E-state index contributed by atoms with van der Waals surface area (Å²) in [5.41, 5.74) is -2.36. The van der Waals surface area contributed by atoms with E-state index in [1.54, 1.807) is 19.1 Å². The Kier molecular flexibility index (Phi) is 2.22. The fourth-order valence-corrected chi connectivity index (χ4v) is 1.34. The van der Waals surface area contributed by atoms with Crippen LogP contribution in [0.1, 0.15) is 11.3 Å². The zero-order chi connectivity index (χ0) is 11.9. The molecule has 6 heteroatoms. The molecule has 2 rings (SSSR count). The number of aromatic nitrogens is 1. The molecule has 0 aliphatic heterocycles. The lowest BCUT2D eigenvalue weighted by Crippen LogP contribution is -2.20. The average Bonchev–Trinajstić information content (AvgIpc) is 2.15. The van der Waals surface area contributed by atoms with Gasteiger partial charge in [-0.3, -0.25) is 0 Å². The molecule has 0 bridgehead atoms. The van der Waals surface area contributed by atoms with E-state index in [1.165, 1.54) is 6.07 Å². The number of para-hydroxylation sites is 1. The summed E-state index contributed by atoms with van der Waals surface area (Å²) in [6, 6.07) is 4.57. The molecule has 3 nitrogen and oxygen atoms in total. The average molecular weight is 229 g/mol. The number of rotatable bonds is 0. The lowest BCUT2D eigenvalue weighted by Gasteiger charge is -2.05. The van der Waals surface area contributed by atoms with E-state index in [0.717, 1.165) is 0 Å². The number of halogens is 3. The van der Waals surface area contributed by atoms with Crippen molar-refractivity contribution in [3.8, 4) is 0 Å². The van der Waals surface area contributed by atoms with Gasteiger partial charge in [0, 0.05) is 0 Å². The zero-order valence-corrected chi connectivity index (χ0v) is 8.13. The number of hydrogen-bond acceptors (Lipinski definition) is 3. The second-order valence-electron chi connectivity index (χ2n) is 3.27. The lowest BCUT2D eigenvalue weighted by molar-refractivity contribution is -0.143. The zero-order valence-electron chi connectivity index (χ0n) is 8.13. The van der Waals surface area contributed by atoms with Gasteiger partial charge in [-0.2, -0.15) is 13.2 Å². The van der Waals surface area contributed by atoms with Crippen LogP contribution in [0.4, 0.5) is 13.2 Å². The minimum Gasteiger partial charge on any atom is -0.419 e. The van der Waals surface area contributed by atoms with Crippen molar-refractivity contribution in [3.05, 3.63) is 39.9 Å². The number of benzene rings is 1. The minimum atomic E-state index is -4.79. The topological polar surface area (TPSA) is 43.1 Å². The first-order valence-corrected chi connectivity index (χ1v) is 4.37. The fourth-order valence-electron chi connectivity index (χ4n) is 1.34. The molecule has 1 aromatic heterocycles. The van der Waals surface area contributed by atoms with Gasteiger partial charge >= 0.3 is 11.8 Å². The molecule has 0 aliphatic carbocycles. The summed E-state index contributed by atoms with van der Waals surface area (Å²) in [6.45, 7) is 1.59. The molecule has 0 amide bonds. The van der Waals surface area contributed by atoms with E-state index < -0.39 is 17.5 Å². The van der Waals surface area contributed by atoms with Crippen LogP contribution in [0.2, 0.25) is 0 Å². The third kappa shape index (κ3) is 1.66. The highest BCUT2D eigenvalue weighted by atomic mass is 19.4. The van der Waals surface area contributed by atoms with E-state index in [1.807, 2.05) is 0 Å². The molecule has 0 N–H and O–H groups in total. The predicted molar refractivity (Wildman–Crippen MR) is 50.0 cm³/mol. The summed E-state index contributed by atoms with van der Waals surface area (Å²) in [6.07, 6.45) is -4.79. The van der Waals surface area contributed by atoms with Crippen molar-refractivity contribution >= 4 is 11.1 Å². The van der Waals surface area contributed by atoms with E-state index in [2.05, 4.69) is 9.40 Å². The smallest absolute Gasteiger partial charge is 0.419 e. The Labute approximate surface area is 87.5 Å². The summed E-state index contributed by atoms with van der Waals surface area (Å²) in [5, 5.41) is 0. The summed E-state index contributed by atoms with van der Waals surface area (Å²) in [5.74, 6) is 0. The number of fused-ring (bicyclic) bond motifs is 1. The van der Waals surface area contributed by atoms with Crippen LogP contribution in [-0.4, -0.2) is 4.98 Å². The molecule has 0 radical (unpaired) electrons. The van der Waals surface area contributed by atoms with Gasteiger partial charge in [-0.25, -0.2) is 9.78 Å². The van der Waals surface area contributed by atoms with Crippen molar-refractivity contribution in [1.29, 1.82) is 0 Å². The van der Waals surface area contributed by atoms with Gasteiger partial charge in [0.15, 0.2) is 5.58 Å². The molecule has 84 valence electrons. The van der Waals surface area contributed by atoms with Gasteiger partial charge in [0.2, 0.25) is 5.69 Å². The molecule has 0 aliphatic rings. The maximum Gasteiger partial charge on any atom is 0.440 e. The van der Waals surface area contributed by atoms with E-state index in [-0.39, 0.29) is 11.1 Å². The van der Waals surface area contributed by atoms with Crippen LogP contribution in [-0.2, 0) is 6.18 Å². The highest BCUT2D eigenvalue weighted by Gasteiger charge is 2.37. The summed E-state index contributed by atoms with van der Waals surface area (Å²) in [7, 11) is 0. The predicted octanol–water partition coefficient (Wildman–Crippen LogP) is 2.52. The van der Waals surface area contributed by atoms with E-state index >= 15 is 0 Å². The molecule has 0 saturated heterocycles. The highest BCUT2D eigenvalue weighted by Crippen LogP contribution is 2.26. The number of nitrogens with zero attached hydrogens (tertiary/aromatic N) is 1. The van der Waals surface area contributed by atoms with Crippen LogP contribution in [0.5, 0.6) is 0 Å². The van der Waals surface area contributed by atoms with Gasteiger partial charge in [-0.1, -0.05) is 12.1 Å². The van der Waals surface area contributed by atoms with Crippen LogP contribution in [0.15, 0.2) is 27.4 Å². The monoisotopic (exact) mass is 229 g/mol. The molecule has 0 atom stereocenters. The summed E-state index contributed by atoms with van der Waals surface area (Å²) < 4.78 is 41.7. The molecule has 0 unspecified atom stereocenters. The van der Waals surface area contributed by atoms with Gasteiger partial charge in [0.25, 0.3) is 0 Å². The van der Waals surface area contributed by atoms with E-state index in [4.69, 9.17) is 0 Å². The molecule has 0 spiro atoms. The Morgan fingerprint density at radius 1 is 1.31 bits per heavy atom. The van der Waals surface area contributed by atoms with Crippen molar-refractivity contribution in [2.24, 2.45) is 0 Å². The first-order valence-electron chi connectivity index (χ1n) is 4.37. The van der Waals surface area contributed by atoms with Crippen molar-refractivity contribution in [3.63, 3.8) is 0 Å². The minimum absolute atomic E-state index is 0.0504. The maximum absolute atomic E-state index is 12.4. The molecule has 1 heterocycles. The van der Waals surface area contributed by atoms with Gasteiger partial charge in [0.05, 0.1) is 0 Å². The van der Waals surface area contributed by atoms with E-state index in [9.17, 15) is 18.0 Å². The molecule has 16 heavy (non-hydrogen) atoms. The van der Waals surface area contributed by atoms with Crippen LogP contribution in [0.25, 0.3) is 11.1 Å². The van der Waals surface area contributed by atoms with Crippen LogP contribution in [0, 0.1) is 6.92 Å².